The lowest BCUT2D eigenvalue weighted by atomic mass is 10.1. The molecule has 1 saturated heterocycles. The first-order valence-corrected chi connectivity index (χ1v) is 7.18. The second kappa shape index (κ2) is 6.00. The number of thioether (sulfide) groups is 1. The van der Waals surface area contributed by atoms with Crippen molar-refractivity contribution in [1.82, 2.24) is 4.90 Å². The monoisotopic (exact) mass is 266 g/mol. The lowest BCUT2D eigenvalue weighted by Gasteiger charge is -2.21. The van der Waals surface area contributed by atoms with E-state index in [1.165, 1.54) is 0 Å². The molecule has 2 rings (SSSR count). The minimum absolute atomic E-state index is 0.00824. The normalized spacial score (nSPS) is 16.2. The number of hydrogen-bond acceptors (Lipinski definition) is 4. The van der Waals surface area contributed by atoms with E-state index < -0.39 is 0 Å². The number of anilines is 1. The molecule has 0 saturated carbocycles. The van der Waals surface area contributed by atoms with Gasteiger partial charge in [0.05, 0.1) is 12.7 Å². The van der Waals surface area contributed by atoms with E-state index in [4.69, 9.17) is 10.5 Å². The predicted octanol–water partition coefficient (Wildman–Crippen LogP) is 1.86. The smallest absolute Gasteiger partial charge is 0.256 e. The highest BCUT2D eigenvalue weighted by atomic mass is 32.2. The molecule has 1 fully saturated rings. The Bertz CT molecular complexity index is 429. The molecule has 98 valence electrons. The highest BCUT2D eigenvalue weighted by molar-refractivity contribution is 7.99. The number of nitrogen functional groups attached to an aromatic ring is 1. The molecule has 1 aromatic carbocycles. The third-order valence-corrected chi connectivity index (χ3v) is 4.05. The van der Waals surface area contributed by atoms with Gasteiger partial charge in [-0.3, -0.25) is 4.79 Å². The maximum Gasteiger partial charge on any atom is 0.256 e. The maximum atomic E-state index is 12.4. The molecule has 5 heteroatoms. The molecule has 1 aliphatic heterocycles. The Balaban J connectivity index is 2.21. The Labute approximate surface area is 111 Å². The van der Waals surface area contributed by atoms with Gasteiger partial charge in [-0.1, -0.05) is 0 Å². The zero-order valence-electron chi connectivity index (χ0n) is 10.5. The molecule has 2 N–H and O–H groups in total. The van der Waals surface area contributed by atoms with Crippen molar-refractivity contribution < 1.29 is 9.53 Å². The third kappa shape index (κ3) is 2.90. The minimum atomic E-state index is 0.00824. The van der Waals surface area contributed by atoms with Crippen molar-refractivity contribution in [2.45, 2.75) is 6.42 Å². The summed E-state index contributed by atoms with van der Waals surface area (Å²) in [5, 5.41) is 0. The van der Waals surface area contributed by atoms with Crippen LogP contribution in [0.5, 0.6) is 5.75 Å². The third-order valence-electron chi connectivity index (χ3n) is 3.00. The van der Waals surface area contributed by atoms with Crippen LogP contribution in [0.4, 0.5) is 5.69 Å². The summed E-state index contributed by atoms with van der Waals surface area (Å²) in [4.78, 5) is 14.3. The molecule has 1 amide bonds. The first-order chi connectivity index (χ1) is 8.72. The zero-order chi connectivity index (χ0) is 13.0. The quantitative estimate of drug-likeness (QED) is 0.830. The molecule has 1 aromatic rings. The molecule has 18 heavy (non-hydrogen) atoms. The summed E-state index contributed by atoms with van der Waals surface area (Å²) in [7, 11) is 1.59. The van der Waals surface area contributed by atoms with Crippen LogP contribution >= 0.6 is 11.8 Å². The fourth-order valence-corrected chi connectivity index (χ4v) is 2.85. The number of nitrogens with zero attached hydrogens (tertiary/aromatic N) is 1. The topological polar surface area (TPSA) is 55.6 Å². The van der Waals surface area contributed by atoms with Crippen molar-refractivity contribution in [3.05, 3.63) is 23.8 Å². The van der Waals surface area contributed by atoms with Crippen molar-refractivity contribution in [3.63, 3.8) is 0 Å². The number of nitrogens with two attached hydrogens (primary N) is 1. The van der Waals surface area contributed by atoms with Gasteiger partial charge in [0.2, 0.25) is 0 Å². The van der Waals surface area contributed by atoms with Crippen molar-refractivity contribution in [1.29, 1.82) is 0 Å². The van der Waals surface area contributed by atoms with Crippen molar-refractivity contribution >= 4 is 23.4 Å². The Morgan fingerprint density at radius 3 is 3.00 bits per heavy atom. The van der Waals surface area contributed by atoms with Crippen LogP contribution in [-0.2, 0) is 0 Å². The number of benzene rings is 1. The van der Waals surface area contributed by atoms with Gasteiger partial charge >= 0.3 is 0 Å². The Morgan fingerprint density at radius 2 is 2.22 bits per heavy atom. The summed E-state index contributed by atoms with van der Waals surface area (Å²) in [6.45, 7) is 1.60. The molecule has 0 bridgehead atoms. The molecule has 0 aromatic heterocycles. The van der Waals surface area contributed by atoms with Crippen LogP contribution in [0.2, 0.25) is 0 Å². The van der Waals surface area contributed by atoms with Crippen LogP contribution in [0.15, 0.2) is 18.2 Å². The lowest BCUT2D eigenvalue weighted by molar-refractivity contribution is 0.0769. The summed E-state index contributed by atoms with van der Waals surface area (Å²) >= 11 is 1.89. The average Bonchev–Trinajstić information content (AvgIpc) is 2.67. The van der Waals surface area contributed by atoms with Gasteiger partial charge in [0.15, 0.2) is 0 Å². The molecule has 0 radical (unpaired) electrons. The van der Waals surface area contributed by atoms with Crippen LogP contribution in [0, 0.1) is 0 Å². The van der Waals surface area contributed by atoms with Crippen LogP contribution in [0.1, 0.15) is 16.8 Å². The molecule has 1 aliphatic rings. The number of hydrogen-bond donors (Lipinski definition) is 1. The van der Waals surface area contributed by atoms with Crippen LogP contribution in [0.25, 0.3) is 0 Å². The van der Waals surface area contributed by atoms with Gasteiger partial charge in [0.25, 0.3) is 5.91 Å². The largest absolute Gasteiger partial charge is 0.497 e. The number of carbonyl (C=O) groups excluding carboxylic acids is 1. The second-order valence-electron chi connectivity index (χ2n) is 4.21. The fraction of sp³-hybridized carbons (Fsp3) is 0.462. The summed E-state index contributed by atoms with van der Waals surface area (Å²) in [5.41, 5.74) is 6.94. The van der Waals surface area contributed by atoms with E-state index in [2.05, 4.69) is 0 Å². The Hall–Kier alpha value is -1.36. The molecular weight excluding hydrogens is 248 g/mol. The van der Waals surface area contributed by atoms with Gasteiger partial charge in [0.1, 0.15) is 5.75 Å². The molecule has 0 aliphatic carbocycles. The van der Waals surface area contributed by atoms with Crippen molar-refractivity contribution in [2.75, 3.05) is 37.4 Å². The van der Waals surface area contributed by atoms with Gasteiger partial charge in [-0.15, -0.1) is 0 Å². The predicted molar refractivity (Wildman–Crippen MR) is 75.3 cm³/mol. The number of ether oxygens (including phenoxy) is 1. The zero-order valence-corrected chi connectivity index (χ0v) is 11.3. The van der Waals surface area contributed by atoms with E-state index in [0.29, 0.717) is 17.0 Å². The van der Waals surface area contributed by atoms with E-state index in [0.717, 1.165) is 31.0 Å². The molecule has 4 nitrogen and oxygen atoms in total. The molecule has 0 spiro atoms. The highest BCUT2D eigenvalue weighted by Gasteiger charge is 2.19. The number of carbonyl (C=O) groups is 1. The number of amides is 1. The summed E-state index contributed by atoms with van der Waals surface area (Å²) in [6, 6.07) is 5.21. The van der Waals surface area contributed by atoms with Crippen LogP contribution in [0.3, 0.4) is 0 Å². The van der Waals surface area contributed by atoms with Gasteiger partial charge < -0.3 is 15.4 Å². The first kappa shape index (κ1) is 13.1. The summed E-state index contributed by atoms with van der Waals surface area (Å²) in [5.74, 6) is 2.79. The Morgan fingerprint density at radius 1 is 1.39 bits per heavy atom. The SMILES string of the molecule is COc1ccc(N)c(C(=O)N2CCCSCC2)c1. The van der Waals surface area contributed by atoms with E-state index in [1.807, 2.05) is 16.7 Å². The molecule has 0 atom stereocenters. The van der Waals surface area contributed by atoms with Gasteiger partial charge in [-0.25, -0.2) is 0 Å². The van der Waals surface area contributed by atoms with E-state index in [9.17, 15) is 4.79 Å². The van der Waals surface area contributed by atoms with Gasteiger partial charge in [0, 0.05) is 24.5 Å². The average molecular weight is 266 g/mol. The Kier molecular flexibility index (Phi) is 4.36. The number of methoxy groups -OCH3 is 1. The summed E-state index contributed by atoms with van der Waals surface area (Å²) < 4.78 is 5.14. The number of rotatable bonds is 2. The highest BCUT2D eigenvalue weighted by Crippen LogP contribution is 2.22. The van der Waals surface area contributed by atoms with Crippen molar-refractivity contribution in [3.8, 4) is 5.75 Å². The van der Waals surface area contributed by atoms with E-state index >= 15 is 0 Å². The van der Waals surface area contributed by atoms with Crippen molar-refractivity contribution in [2.24, 2.45) is 0 Å². The molecular formula is C13H18N2O2S. The van der Waals surface area contributed by atoms with Crippen LogP contribution in [-0.4, -0.2) is 42.5 Å². The lowest BCUT2D eigenvalue weighted by Crippen LogP contribution is -2.33. The van der Waals surface area contributed by atoms with E-state index in [-0.39, 0.29) is 5.91 Å². The van der Waals surface area contributed by atoms with E-state index in [1.54, 1.807) is 25.3 Å². The molecule has 0 unspecified atom stereocenters. The second-order valence-corrected chi connectivity index (χ2v) is 5.44. The maximum absolute atomic E-state index is 12.4. The summed E-state index contributed by atoms with van der Waals surface area (Å²) in [6.07, 6.45) is 1.04. The van der Waals surface area contributed by atoms with Gasteiger partial charge in [-0.2, -0.15) is 11.8 Å². The molecule has 1 heterocycles. The van der Waals surface area contributed by atoms with Gasteiger partial charge in [-0.05, 0) is 30.4 Å². The minimum Gasteiger partial charge on any atom is -0.497 e. The van der Waals surface area contributed by atoms with Crippen LogP contribution < -0.4 is 10.5 Å². The standard InChI is InChI=1S/C13H18N2O2S/c1-17-10-3-4-12(14)11(9-10)13(16)15-5-2-7-18-8-6-15/h3-4,9H,2,5-8,14H2,1H3. The first-order valence-electron chi connectivity index (χ1n) is 6.03. The fourth-order valence-electron chi connectivity index (χ4n) is 1.97.